The molecule has 0 atom stereocenters. The Kier molecular flexibility index (Phi) is 6.08. The molecule has 1 saturated heterocycles. The van der Waals surface area contributed by atoms with Gasteiger partial charge in [0.15, 0.2) is 0 Å². The summed E-state index contributed by atoms with van der Waals surface area (Å²) in [6.07, 6.45) is 3.65. The fourth-order valence-corrected chi connectivity index (χ4v) is 2.85. The molecule has 1 aliphatic heterocycles. The van der Waals surface area contributed by atoms with Gasteiger partial charge < -0.3 is 19.3 Å². The summed E-state index contributed by atoms with van der Waals surface area (Å²) < 4.78 is 16.6. The Hall–Kier alpha value is -2.44. The molecule has 1 aromatic heterocycles. The maximum Gasteiger partial charge on any atom is 0.364 e. The molecule has 0 radical (unpaired) electrons. The van der Waals surface area contributed by atoms with Crippen LogP contribution in [0.5, 0.6) is 5.75 Å². The van der Waals surface area contributed by atoms with Crippen molar-refractivity contribution in [3.8, 4) is 5.75 Å². The number of aryl methyl sites for hydroxylation is 1. The molecule has 3 rings (SSSR count). The molecule has 6 nitrogen and oxygen atoms in total. The first-order valence-electron chi connectivity index (χ1n) is 9.18. The summed E-state index contributed by atoms with van der Waals surface area (Å²) in [5.41, 5.74) is 3.28. The minimum absolute atomic E-state index is 0.00718. The number of ether oxygens (including phenoxy) is 3. The third-order valence-corrected chi connectivity index (χ3v) is 4.78. The number of hydrogen-bond donors (Lipinski definition) is 1. The standard InChI is InChI=1S/C21H25NO5/c1-3-15-4-7-18(22-12-15)10-11-25-19-8-5-16(6-9-19)17-13-26-21(2,20(23)24)27-14-17/h4-9,12,17H,3,10-11,13-14H2,1-2H3,(H,23,24)/t17-,21+. The lowest BCUT2D eigenvalue weighted by Gasteiger charge is -2.34. The molecule has 2 aromatic rings. The zero-order chi connectivity index (χ0) is 19.3. The highest BCUT2D eigenvalue weighted by molar-refractivity contribution is 5.75. The van der Waals surface area contributed by atoms with E-state index < -0.39 is 11.8 Å². The van der Waals surface area contributed by atoms with Crippen LogP contribution in [-0.4, -0.2) is 41.7 Å². The molecule has 0 saturated carbocycles. The second kappa shape index (κ2) is 8.50. The highest BCUT2D eigenvalue weighted by Gasteiger charge is 2.40. The number of hydrogen-bond acceptors (Lipinski definition) is 5. The van der Waals surface area contributed by atoms with E-state index in [1.165, 1.54) is 12.5 Å². The Labute approximate surface area is 159 Å². The summed E-state index contributed by atoms with van der Waals surface area (Å²) in [6.45, 7) is 4.71. The number of carbonyl (C=O) groups is 1. The van der Waals surface area contributed by atoms with E-state index >= 15 is 0 Å². The van der Waals surface area contributed by atoms with Gasteiger partial charge in [0.1, 0.15) is 5.75 Å². The fraction of sp³-hybridized carbons (Fsp3) is 0.429. The molecular formula is C21H25NO5. The number of rotatable bonds is 7. The Bertz CT molecular complexity index is 749. The minimum Gasteiger partial charge on any atom is -0.493 e. The van der Waals surface area contributed by atoms with E-state index in [1.54, 1.807) is 0 Å². The van der Waals surface area contributed by atoms with Crippen molar-refractivity contribution in [1.29, 1.82) is 0 Å². The van der Waals surface area contributed by atoms with Crippen LogP contribution in [0.4, 0.5) is 0 Å². The highest BCUT2D eigenvalue weighted by Crippen LogP contribution is 2.29. The predicted molar refractivity (Wildman–Crippen MR) is 99.9 cm³/mol. The second-order valence-electron chi connectivity index (χ2n) is 6.75. The number of nitrogens with zero attached hydrogens (tertiary/aromatic N) is 1. The van der Waals surface area contributed by atoms with Crippen molar-refractivity contribution < 1.29 is 24.1 Å². The van der Waals surface area contributed by atoms with Gasteiger partial charge in [0.2, 0.25) is 0 Å². The van der Waals surface area contributed by atoms with Gasteiger partial charge in [0.25, 0.3) is 5.79 Å². The highest BCUT2D eigenvalue weighted by atomic mass is 16.7. The molecule has 0 unspecified atom stereocenters. The Morgan fingerprint density at radius 1 is 1.22 bits per heavy atom. The normalized spacial score (nSPS) is 22.4. The van der Waals surface area contributed by atoms with Crippen LogP contribution in [-0.2, 0) is 27.1 Å². The van der Waals surface area contributed by atoms with Crippen LogP contribution in [0, 0.1) is 0 Å². The van der Waals surface area contributed by atoms with Crippen molar-refractivity contribution in [3.05, 3.63) is 59.4 Å². The average Bonchev–Trinajstić information content (AvgIpc) is 2.70. The van der Waals surface area contributed by atoms with Gasteiger partial charge in [-0.25, -0.2) is 4.79 Å². The van der Waals surface area contributed by atoms with E-state index in [2.05, 4.69) is 18.0 Å². The molecule has 1 N–H and O–H groups in total. The van der Waals surface area contributed by atoms with Gasteiger partial charge in [-0.2, -0.15) is 0 Å². The van der Waals surface area contributed by atoms with Gasteiger partial charge in [0, 0.05) is 31.2 Å². The minimum atomic E-state index is -1.55. The predicted octanol–water partition coefficient (Wildman–Crippen LogP) is 3.20. The van der Waals surface area contributed by atoms with Gasteiger partial charge in [-0.3, -0.25) is 4.98 Å². The van der Waals surface area contributed by atoms with Crippen LogP contribution >= 0.6 is 0 Å². The molecule has 27 heavy (non-hydrogen) atoms. The molecule has 144 valence electrons. The van der Waals surface area contributed by atoms with Gasteiger partial charge in [-0.1, -0.05) is 25.1 Å². The zero-order valence-corrected chi connectivity index (χ0v) is 15.7. The number of carboxylic acids is 1. The van der Waals surface area contributed by atoms with E-state index in [0.29, 0.717) is 19.8 Å². The molecule has 0 bridgehead atoms. The number of benzene rings is 1. The average molecular weight is 371 g/mol. The Morgan fingerprint density at radius 2 is 1.93 bits per heavy atom. The van der Waals surface area contributed by atoms with Crippen LogP contribution in [0.2, 0.25) is 0 Å². The lowest BCUT2D eigenvalue weighted by molar-refractivity contribution is -0.262. The van der Waals surface area contributed by atoms with Crippen molar-refractivity contribution >= 4 is 5.97 Å². The van der Waals surface area contributed by atoms with Crippen molar-refractivity contribution in [1.82, 2.24) is 4.98 Å². The van der Waals surface area contributed by atoms with E-state index in [-0.39, 0.29) is 5.92 Å². The number of aromatic nitrogens is 1. The van der Waals surface area contributed by atoms with E-state index in [0.717, 1.165) is 29.8 Å². The first kappa shape index (κ1) is 19.3. The molecule has 0 spiro atoms. The smallest absolute Gasteiger partial charge is 0.364 e. The summed E-state index contributed by atoms with van der Waals surface area (Å²) in [7, 11) is 0. The molecular weight excluding hydrogens is 346 g/mol. The van der Waals surface area contributed by atoms with Crippen molar-refractivity contribution in [3.63, 3.8) is 0 Å². The summed E-state index contributed by atoms with van der Waals surface area (Å²) in [5, 5.41) is 9.11. The van der Waals surface area contributed by atoms with Crippen LogP contribution in [0.15, 0.2) is 42.6 Å². The topological polar surface area (TPSA) is 77.9 Å². The first-order valence-corrected chi connectivity index (χ1v) is 9.18. The van der Waals surface area contributed by atoms with Crippen molar-refractivity contribution in [2.24, 2.45) is 0 Å². The van der Waals surface area contributed by atoms with Crippen LogP contribution in [0.25, 0.3) is 0 Å². The van der Waals surface area contributed by atoms with E-state index in [4.69, 9.17) is 19.3 Å². The molecule has 2 heterocycles. The largest absolute Gasteiger partial charge is 0.493 e. The van der Waals surface area contributed by atoms with Gasteiger partial charge in [0.05, 0.1) is 19.8 Å². The number of aliphatic carboxylic acids is 1. The van der Waals surface area contributed by atoms with Gasteiger partial charge in [-0.05, 0) is 35.7 Å². The molecule has 6 heteroatoms. The zero-order valence-electron chi connectivity index (χ0n) is 15.7. The van der Waals surface area contributed by atoms with Gasteiger partial charge >= 0.3 is 5.97 Å². The molecule has 0 amide bonds. The second-order valence-corrected chi connectivity index (χ2v) is 6.75. The Morgan fingerprint density at radius 3 is 2.48 bits per heavy atom. The van der Waals surface area contributed by atoms with Crippen LogP contribution in [0.1, 0.15) is 36.6 Å². The summed E-state index contributed by atoms with van der Waals surface area (Å²) >= 11 is 0. The summed E-state index contributed by atoms with van der Waals surface area (Å²) in [6, 6.07) is 11.9. The summed E-state index contributed by atoms with van der Waals surface area (Å²) in [4.78, 5) is 15.6. The quantitative estimate of drug-likeness (QED) is 0.805. The van der Waals surface area contributed by atoms with E-state index in [1.807, 2.05) is 36.5 Å². The Balaban J connectivity index is 1.48. The molecule has 0 aliphatic carbocycles. The SMILES string of the molecule is CCc1ccc(CCOc2ccc([C@H]3CO[C@@](C)(C(=O)O)OC3)cc2)nc1. The third kappa shape index (κ3) is 4.84. The van der Waals surface area contributed by atoms with Crippen LogP contribution < -0.4 is 4.74 Å². The number of pyridine rings is 1. The molecule has 1 aromatic carbocycles. The maximum atomic E-state index is 11.1. The third-order valence-electron chi connectivity index (χ3n) is 4.78. The summed E-state index contributed by atoms with van der Waals surface area (Å²) in [5.74, 6) is -1.86. The molecule has 1 aliphatic rings. The number of carboxylic acid groups (broad SMARTS) is 1. The van der Waals surface area contributed by atoms with Crippen molar-refractivity contribution in [2.45, 2.75) is 38.4 Å². The van der Waals surface area contributed by atoms with E-state index in [9.17, 15) is 4.79 Å². The lowest BCUT2D eigenvalue weighted by atomic mass is 9.99. The molecule has 1 fully saturated rings. The first-order chi connectivity index (χ1) is 13.0. The monoisotopic (exact) mass is 371 g/mol. The van der Waals surface area contributed by atoms with Gasteiger partial charge in [-0.15, -0.1) is 0 Å². The van der Waals surface area contributed by atoms with Crippen molar-refractivity contribution in [2.75, 3.05) is 19.8 Å². The van der Waals surface area contributed by atoms with Crippen LogP contribution in [0.3, 0.4) is 0 Å². The fourth-order valence-electron chi connectivity index (χ4n) is 2.85. The lowest BCUT2D eigenvalue weighted by Crippen LogP contribution is -2.47. The maximum absolute atomic E-state index is 11.1.